The second-order valence-corrected chi connectivity index (χ2v) is 10.2. The van der Waals surface area contributed by atoms with E-state index in [0.717, 1.165) is 27.4 Å². The second kappa shape index (κ2) is 9.14. The van der Waals surface area contributed by atoms with Crippen LogP contribution in [0.2, 0.25) is 0 Å². The molecule has 2 heteroatoms. The Hall–Kier alpha value is -5.34. The van der Waals surface area contributed by atoms with Crippen LogP contribution < -0.4 is 0 Å². The minimum atomic E-state index is 0.934. The van der Waals surface area contributed by atoms with Crippen molar-refractivity contribution in [1.82, 2.24) is 9.97 Å². The Labute approximate surface area is 232 Å². The molecule has 0 spiro atoms. The SMILES string of the molecule is c1ccc(-c2c3ccccc3c(-c3cccc(-c4ccnc5c4ccc4cccnc45)c3)c3ccccc23)cc1. The molecular weight excluding hydrogens is 484 g/mol. The van der Waals surface area contributed by atoms with Gasteiger partial charge in [0, 0.05) is 23.2 Å². The summed E-state index contributed by atoms with van der Waals surface area (Å²) in [7, 11) is 0. The van der Waals surface area contributed by atoms with Gasteiger partial charge in [0.25, 0.3) is 0 Å². The molecule has 0 aliphatic carbocycles. The van der Waals surface area contributed by atoms with Gasteiger partial charge in [-0.25, -0.2) is 0 Å². The zero-order valence-corrected chi connectivity index (χ0v) is 21.8. The molecule has 0 unspecified atom stereocenters. The molecule has 8 rings (SSSR count). The van der Waals surface area contributed by atoms with Crippen molar-refractivity contribution in [2.45, 2.75) is 0 Å². The van der Waals surface area contributed by atoms with E-state index in [1.165, 1.54) is 49.4 Å². The lowest BCUT2D eigenvalue weighted by Gasteiger charge is -2.18. The van der Waals surface area contributed by atoms with Crippen molar-refractivity contribution in [2.24, 2.45) is 0 Å². The van der Waals surface area contributed by atoms with Crippen LogP contribution in [0, 0.1) is 0 Å². The van der Waals surface area contributed by atoms with E-state index in [4.69, 9.17) is 4.98 Å². The van der Waals surface area contributed by atoms with E-state index in [1.807, 2.05) is 18.5 Å². The van der Waals surface area contributed by atoms with Crippen LogP contribution in [0.1, 0.15) is 0 Å². The van der Waals surface area contributed by atoms with Crippen molar-refractivity contribution in [3.63, 3.8) is 0 Å². The first-order valence-electron chi connectivity index (χ1n) is 13.6. The van der Waals surface area contributed by atoms with E-state index in [-0.39, 0.29) is 0 Å². The van der Waals surface area contributed by atoms with Gasteiger partial charge < -0.3 is 0 Å². The smallest absolute Gasteiger partial charge is 0.0970 e. The van der Waals surface area contributed by atoms with Crippen molar-refractivity contribution in [3.05, 3.63) is 146 Å². The zero-order chi connectivity index (χ0) is 26.5. The Morgan fingerprint density at radius 1 is 0.350 bits per heavy atom. The van der Waals surface area contributed by atoms with Crippen LogP contribution in [0.25, 0.3) is 76.7 Å². The van der Waals surface area contributed by atoms with Gasteiger partial charge >= 0.3 is 0 Å². The number of fused-ring (bicyclic) bond motifs is 5. The van der Waals surface area contributed by atoms with Gasteiger partial charge in [-0.2, -0.15) is 0 Å². The third kappa shape index (κ3) is 3.50. The van der Waals surface area contributed by atoms with Crippen LogP contribution in [-0.4, -0.2) is 9.97 Å². The van der Waals surface area contributed by atoms with Gasteiger partial charge in [0.2, 0.25) is 0 Å². The van der Waals surface area contributed by atoms with Crippen LogP contribution in [0.3, 0.4) is 0 Å². The predicted molar refractivity (Wildman–Crippen MR) is 168 cm³/mol. The third-order valence-corrected chi connectivity index (χ3v) is 7.94. The van der Waals surface area contributed by atoms with Crippen LogP contribution in [0.4, 0.5) is 0 Å². The maximum absolute atomic E-state index is 4.73. The van der Waals surface area contributed by atoms with Gasteiger partial charge in [0.1, 0.15) is 0 Å². The lowest BCUT2D eigenvalue weighted by molar-refractivity contribution is 1.37. The molecule has 186 valence electrons. The molecule has 2 aromatic heterocycles. The first-order valence-corrected chi connectivity index (χ1v) is 13.6. The normalized spacial score (nSPS) is 11.5. The monoisotopic (exact) mass is 508 g/mol. The number of rotatable bonds is 3. The summed E-state index contributed by atoms with van der Waals surface area (Å²) < 4.78 is 0. The predicted octanol–water partition coefficient (Wildman–Crippen LogP) is 10.1. The first kappa shape index (κ1) is 22.6. The average Bonchev–Trinajstić information content (AvgIpc) is 3.03. The van der Waals surface area contributed by atoms with Crippen molar-refractivity contribution < 1.29 is 0 Å². The molecule has 0 radical (unpaired) electrons. The second-order valence-electron chi connectivity index (χ2n) is 10.2. The van der Waals surface area contributed by atoms with Crippen LogP contribution >= 0.6 is 0 Å². The first-order chi connectivity index (χ1) is 19.9. The highest BCUT2D eigenvalue weighted by Crippen LogP contribution is 2.44. The average molecular weight is 509 g/mol. The van der Waals surface area contributed by atoms with E-state index >= 15 is 0 Å². The number of pyridine rings is 2. The van der Waals surface area contributed by atoms with Gasteiger partial charge in [-0.1, -0.05) is 115 Å². The van der Waals surface area contributed by atoms with Crippen LogP contribution in [0.15, 0.2) is 146 Å². The Balaban J connectivity index is 1.41. The largest absolute Gasteiger partial charge is 0.254 e. The molecule has 0 N–H and O–H groups in total. The Morgan fingerprint density at radius 2 is 0.950 bits per heavy atom. The van der Waals surface area contributed by atoms with Crippen molar-refractivity contribution in [1.29, 1.82) is 0 Å². The summed E-state index contributed by atoms with van der Waals surface area (Å²) >= 11 is 0. The topological polar surface area (TPSA) is 25.8 Å². The maximum atomic E-state index is 4.73. The molecule has 0 saturated carbocycles. The summed E-state index contributed by atoms with van der Waals surface area (Å²) in [6.07, 6.45) is 3.74. The summed E-state index contributed by atoms with van der Waals surface area (Å²) in [5.41, 5.74) is 9.18. The fourth-order valence-corrected chi connectivity index (χ4v) is 6.20. The summed E-state index contributed by atoms with van der Waals surface area (Å²) in [6.45, 7) is 0. The number of benzene rings is 6. The fraction of sp³-hybridized carbons (Fsp3) is 0. The standard InChI is InChI=1S/C38H24N2/c1-2-10-25(11-3-1)35-30-15-4-6-17-32(30)36(33-18-7-5-16-31(33)35)28-13-8-12-27(24-28)29-21-23-40-38-34(29)20-19-26-14-9-22-39-37(26)38/h1-24H. The maximum Gasteiger partial charge on any atom is 0.0970 e. The highest BCUT2D eigenvalue weighted by molar-refractivity contribution is 6.21. The Morgan fingerprint density at radius 3 is 1.68 bits per heavy atom. The molecule has 40 heavy (non-hydrogen) atoms. The molecule has 0 saturated heterocycles. The molecule has 0 fully saturated rings. The Bertz CT molecular complexity index is 2160. The van der Waals surface area contributed by atoms with E-state index in [0.29, 0.717) is 0 Å². The number of hydrogen-bond donors (Lipinski definition) is 0. The van der Waals surface area contributed by atoms with Gasteiger partial charge in [-0.3, -0.25) is 9.97 Å². The molecular formula is C38H24N2. The summed E-state index contributed by atoms with van der Waals surface area (Å²) in [4.78, 5) is 9.38. The molecule has 2 heterocycles. The third-order valence-electron chi connectivity index (χ3n) is 7.94. The quantitative estimate of drug-likeness (QED) is 0.175. The van der Waals surface area contributed by atoms with Gasteiger partial charge in [0.05, 0.1) is 11.0 Å². The summed E-state index contributed by atoms with van der Waals surface area (Å²) in [5, 5.41) is 7.25. The highest BCUT2D eigenvalue weighted by atomic mass is 14.7. The van der Waals surface area contributed by atoms with Crippen molar-refractivity contribution >= 4 is 43.4 Å². The molecule has 0 atom stereocenters. The summed E-state index contributed by atoms with van der Waals surface area (Å²) in [5.74, 6) is 0. The lowest BCUT2D eigenvalue weighted by atomic mass is 9.85. The van der Waals surface area contributed by atoms with E-state index in [2.05, 4.69) is 132 Å². The van der Waals surface area contributed by atoms with E-state index < -0.39 is 0 Å². The minimum Gasteiger partial charge on any atom is -0.254 e. The highest BCUT2D eigenvalue weighted by Gasteiger charge is 2.17. The summed E-state index contributed by atoms with van der Waals surface area (Å²) in [6, 6.07) is 47.8. The zero-order valence-electron chi connectivity index (χ0n) is 21.8. The van der Waals surface area contributed by atoms with E-state index in [1.54, 1.807) is 0 Å². The van der Waals surface area contributed by atoms with Crippen molar-refractivity contribution in [3.8, 4) is 33.4 Å². The molecule has 2 nitrogen and oxygen atoms in total. The van der Waals surface area contributed by atoms with Crippen LogP contribution in [-0.2, 0) is 0 Å². The van der Waals surface area contributed by atoms with E-state index in [9.17, 15) is 0 Å². The number of nitrogens with zero attached hydrogens (tertiary/aromatic N) is 2. The van der Waals surface area contributed by atoms with Gasteiger partial charge in [0.15, 0.2) is 0 Å². The van der Waals surface area contributed by atoms with Gasteiger partial charge in [-0.05, 0) is 73.1 Å². The Kier molecular flexibility index (Phi) is 5.17. The molecule has 0 bridgehead atoms. The minimum absolute atomic E-state index is 0.934. The molecule has 8 aromatic rings. The number of aromatic nitrogens is 2. The van der Waals surface area contributed by atoms with Crippen molar-refractivity contribution in [2.75, 3.05) is 0 Å². The van der Waals surface area contributed by atoms with Crippen LogP contribution in [0.5, 0.6) is 0 Å². The fourth-order valence-electron chi connectivity index (χ4n) is 6.20. The number of hydrogen-bond acceptors (Lipinski definition) is 2. The lowest BCUT2D eigenvalue weighted by Crippen LogP contribution is -1.91. The molecule has 0 aliphatic rings. The molecule has 0 amide bonds. The van der Waals surface area contributed by atoms with Gasteiger partial charge in [-0.15, -0.1) is 0 Å². The molecule has 6 aromatic carbocycles. The molecule has 0 aliphatic heterocycles.